The molecule has 0 radical (unpaired) electrons. The first-order chi connectivity index (χ1) is 15.0. The van der Waals surface area contributed by atoms with Gasteiger partial charge >= 0.3 is 5.97 Å². The second kappa shape index (κ2) is 8.60. The van der Waals surface area contributed by atoms with Gasteiger partial charge in [0, 0.05) is 23.1 Å². The van der Waals surface area contributed by atoms with Crippen LogP contribution in [0.3, 0.4) is 0 Å². The number of hydrogen-bond donors (Lipinski definition) is 1. The van der Waals surface area contributed by atoms with Crippen LogP contribution >= 0.6 is 11.8 Å². The molecule has 4 aromatic rings. The highest BCUT2D eigenvalue weighted by molar-refractivity contribution is 7.98. The molecule has 0 saturated heterocycles. The van der Waals surface area contributed by atoms with Gasteiger partial charge in [0.25, 0.3) is 5.56 Å². The largest absolute Gasteiger partial charge is 0.497 e. The standard InChI is InChI=1S/C21H18N4O5S/c1-11-7-15(20(27)29-3)17-18(22-11)23-21(24-19(17)26)31-10-13-9-16(30-25-13)12-5-4-6-14(8-12)28-2/h4-9H,10H2,1-3H3,(H,22,23,24,26). The van der Waals surface area contributed by atoms with Gasteiger partial charge in [0.2, 0.25) is 0 Å². The van der Waals surface area contributed by atoms with E-state index in [4.69, 9.17) is 14.0 Å². The van der Waals surface area contributed by atoms with Crippen molar-refractivity contribution in [2.24, 2.45) is 0 Å². The molecular weight excluding hydrogens is 420 g/mol. The van der Waals surface area contributed by atoms with Gasteiger partial charge in [-0.15, -0.1) is 0 Å². The number of nitrogens with zero attached hydrogens (tertiary/aromatic N) is 3. The number of esters is 1. The molecule has 0 aliphatic heterocycles. The molecule has 3 heterocycles. The summed E-state index contributed by atoms with van der Waals surface area (Å²) < 4.78 is 15.4. The second-order valence-corrected chi connectivity index (χ2v) is 7.54. The summed E-state index contributed by atoms with van der Waals surface area (Å²) in [5, 5.41) is 4.54. The number of ether oxygens (including phenoxy) is 2. The van der Waals surface area contributed by atoms with E-state index in [0.717, 1.165) is 11.3 Å². The average Bonchev–Trinajstić information content (AvgIpc) is 3.25. The smallest absolute Gasteiger partial charge is 0.338 e. The Morgan fingerprint density at radius 2 is 2.03 bits per heavy atom. The first-order valence-electron chi connectivity index (χ1n) is 9.21. The number of benzene rings is 1. The topological polar surface area (TPSA) is 120 Å². The number of thioether (sulfide) groups is 1. The zero-order valence-corrected chi connectivity index (χ0v) is 17.8. The van der Waals surface area contributed by atoms with Gasteiger partial charge in [-0.3, -0.25) is 4.79 Å². The highest BCUT2D eigenvalue weighted by Gasteiger charge is 2.18. The van der Waals surface area contributed by atoms with Gasteiger partial charge in [-0.25, -0.2) is 14.8 Å². The van der Waals surface area contributed by atoms with Crippen LogP contribution in [0, 0.1) is 6.92 Å². The van der Waals surface area contributed by atoms with Crippen molar-refractivity contribution < 1.29 is 18.8 Å². The molecule has 1 aromatic carbocycles. The normalized spacial score (nSPS) is 10.9. The van der Waals surface area contributed by atoms with E-state index in [1.807, 2.05) is 30.3 Å². The Labute approximate surface area is 180 Å². The molecule has 1 N–H and O–H groups in total. The minimum Gasteiger partial charge on any atom is -0.497 e. The summed E-state index contributed by atoms with van der Waals surface area (Å²) in [6, 6.07) is 10.8. The number of aromatic amines is 1. The molecule has 3 aromatic heterocycles. The van der Waals surface area contributed by atoms with Crippen molar-refractivity contribution in [3.63, 3.8) is 0 Å². The molecule has 158 valence electrons. The zero-order chi connectivity index (χ0) is 22.0. The summed E-state index contributed by atoms with van der Waals surface area (Å²) in [5.74, 6) is 1.12. The van der Waals surface area contributed by atoms with E-state index in [9.17, 15) is 9.59 Å². The fourth-order valence-corrected chi connectivity index (χ4v) is 3.76. The fraction of sp³-hybridized carbons (Fsp3) is 0.190. The Morgan fingerprint density at radius 3 is 2.81 bits per heavy atom. The summed E-state index contributed by atoms with van der Waals surface area (Å²) in [7, 11) is 2.86. The Kier molecular flexibility index (Phi) is 5.72. The van der Waals surface area contributed by atoms with Gasteiger partial charge in [0.15, 0.2) is 16.6 Å². The molecular formula is C21H18N4O5S. The van der Waals surface area contributed by atoms with Crippen molar-refractivity contribution in [3.8, 4) is 17.1 Å². The molecule has 0 fully saturated rings. The lowest BCUT2D eigenvalue weighted by atomic mass is 10.1. The molecule has 0 aliphatic rings. The number of methoxy groups -OCH3 is 2. The van der Waals surface area contributed by atoms with Gasteiger partial charge in [0.05, 0.1) is 30.9 Å². The minimum atomic E-state index is -0.615. The van der Waals surface area contributed by atoms with E-state index in [0.29, 0.717) is 28.1 Å². The predicted molar refractivity (Wildman–Crippen MR) is 114 cm³/mol. The number of hydrogen-bond acceptors (Lipinski definition) is 9. The second-order valence-electron chi connectivity index (χ2n) is 6.58. The van der Waals surface area contributed by atoms with Crippen LogP contribution in [0.1, 0.15) is 21.7 Å². The Balaban J connectivity index is 1.58. The van der Waals surface area contributed by atoms with Gasteiger partial charge in [-0.1, -0.05) is 29.1 Å². The third-order valence-corrected chi connectivity index (χ3v) is 5.37. The molecule has 0 atom stereocenters. The molecule has 0 spiro atoms. The SMILES string of the molecule is COC(=O)c1cc(C)nc2nc(SCc3cc(-c4cccc(OC)c4)on3)[nH]c(=O)c12. The van der Waals surface area contributed by atoms with E-state index < -0.39 is 11.5 Å². The number of rotatable bonds is 6. The number of pyridine rings is 1. The van der Waals surface area contributed by atoms with Crippen LogP contribution in [0.4, 0.5) is 0 Å². The van der Waals surface area contributed by atoms with Gasteiger partial charge < -0.3 is 19.0 Å². The van der Waals surface area contributed by atoms with Crippen molar-refractivity contribution in [1.82, 2.24) is 20.1 Å². The van der Waals surface area contributed by atoms with Crippen LogP contribution in [0.2, 0.25) is 0 Å². The Morgan fingerprint density at radius 1 is 1.19 bits per heavy atom. The molecule has 9 nitrogen and oxygen atoms in total. The molecule has 10 heteroatoms. The van der Waals surface area contributed by atoms with Crippen molar-refractivity contribution in [2.45, 2.75) is 17.8 Å². The van der Waals surface area contributed by atoms with Crippen LogP contribution in [0.5, 0.6) is 5.75 Å². The van der Waals surface area contributed by atoms with Crippen molar-refractivity contribution >= 4 is 28.8 Å². The molecule has 4 rings (SSSR count). The van der Waals surface area contributed by atoms with Gasteiger partial charge in [-0.05, 0) is 25.1 Å². The number of carbonyl (C=O) groups is 1. The highest BCUT2D eigenvalue weighted by Crippen LogP contribution is 2.27. The summed E-state index contributed by atoms with van der Waals surface area (Å²) in [5.41, 5.74) is 1.94. The van der Waals surface area contributed by atoms with Gasteiger partial charge in [0.1, 0.15) is 5.75 Å². The van der Waals surface area contributed by atoms with E-state index in [2.05, 4.69) is 20.1 Å². The number of nitrogens with one attached hydrogen (secondary N) is 1. The van der Waals surface area contributed by atoms with E-state index in [1.165, 1.54) is 24.9 Å². The number of fused-ring (bicyclic) bond motifs is 1. The van der Waals surface area contributed by atoms with E-state index >= 15 is 0 Å². The molecule has 0 saturated carbocycles. The molecule has 0 aliphatic carbocycles. The van der Waals surface area contributed by atoms with Crippen LogP contribution < -0.4 is 10.3 Å². The maximum absolute atomic E-state index is 12.6. The maximum Gasteiger partial charge on any atom is 0.338 e. The molecule has 0 amide bonds. The van der Waals surface area contributed by atoms with Crippen LogP contribution in [0.25, 0.3) is 22.4 Å². The Hall–Kier alpha value is -3.66. The third-order valence-electron chi connectivity index (χ3n) is 4.46. The lowest BCUT2D eigenvalue weighted by Gasteiger charge is -2.06. The lowest BCUT2D eigenvalue weighted by Crippen LogP contribution is -2.16. The molecule has 0 bridgehead atoms. The number of aryl methyl sites for hydroxylation is 1. The van der Waals surface area contributed by atoms with Crippen molar-refractivity contribution in [1.29, 1.82) is 0 Å². The fourth-order valence-electron chi connectivity index (χ4n) is 3.02. The van der Waals surface area contributed by atoms with Crippen LogP contribution in [0.15, 0.2) is 50.9 Å². The minimum absolute atomic E-state index is 0.101. The third kappa shape index (κ3) is 4.29. The quantitative estimate of drug-likeness (QED) is 0.274. The van der Waals surface area contributed by atoms with Crippen LogP contribution in [-0.4, -0.2) is 40.3 Å². The molecule has 31 heavy (non-hydrogen) atoms. The summed E-state index contributed by atoms with van der Waals surface area (Å²) in [6.07, 6.45) is 0. The zero-order valence-electron chi connectivity index (χ0n) is 17.0. The first kappa shape index (κ1) is 20.6. The number of H-pyrrole nitrogens is 1. The van der Waals surface area contributed by atoms with Gasteiger partial charge in [-0.2, -0.15) is 0 Å². The summed E-state index contributed by atoms with van der Waals surface area (Å²) in [4.78, 5) is 36.0. The Bertz CT molecular complexity index is 1330. The van der Waals surface area contributed by atoms with Crippen LogP contribution in [-0.2, 0) is 10.5 Å². The van der Waals surface area contributed by atoms with Crippen molar-refractivity contribution in [3.05, 3.63) is 63.7 Å². The highest BCUT2D eigenvalue weighted by atomic mass is 32.2. The summed E-state index contributed by atoms with van der Waals surface area (Å²) >= 11 is 1.27. The number of aromatic nitrogens is 4. The first-order valence-corrected chi connectivity index (χ1v) is 10.2. The monoisotopic (exact) mass is 438 g/mol. The predicted octanol–water partition coefficient (Wildman–Crippen LogP) is 3.37. The average molecular weight is 438 g/mol. The van der Waals surface area contributed by atoms with Crippen molar-refractivity contribution in [2.75, 3.05) is 14.2 Å². The lowest BCUT2D eigenvalue weighted by molar-refractivity contribution is 0.0602. The molecule has 0 unspecified atom stereocenters. The summed E-state index contributed by atoms with van der Waals surface area (Å²) in [6.45, 7) is 1.72. The maximum atomic E-state index is 12.6. The number of carbonyl (C=O) groups excluding carboxylic acids is 1. The van der Waals surface area contributed by atoms with E-state index in [1.54, 1.807) is 14.0 Å². The van der Waals surface area contributed by atoms with E-state index in [-0.39, 0.29) is 16.6 Å².